The predicted molar refractivity (Wildman–Crippen MR) is 95.4 cm³/mol. The van der Waals surface area contributed by atoms with Gasteiger partial charge in [-0.25, -0.2) is 9.37 Å². The van der Waals surface area contributed by atoms with E-state index >= 15 is 0 Å². The predicted octanol–water partition coefficient (Wildman–Crippen LogP) is 4.42. The molecule has 0 aliphatic rings. The van der Waals surface area contributed by atoms with Crippen molar-refractivity contribution in [2.45, 2.75) is 0 Å². The molecule has 0 fully saturated rings. The second-order valence-electron chi connectivity index (χ2n) is 5.58. The van der Waals surface area contributed by atoms with Gasteiger partial charge in [-0.2, -0.15) is 0 Å². The number of carbonyl (C=O) groups is 1. The molecule has 1 amide bonds. The van der Waals surface area contributed by atoms with Crippen molar-refractivity contribution in [3.8, 4) is 5.69 Å². The van der Waals surface area contributed by atoms with Gasteiger partial charge < -0.3 is 5.32 Å². The van der Waals surface area contributed by atoms with Crippen molar-refractivity contribution in [3.63, 3.8) is 0 Å². The van der Waals surface area contributed by atoms with Gasteiger partial charge in [-0.15, -0.1) is 0 Å². The molecule has 3 aromatic carbocycles. The first-order valence-corrected chi connectivity index (χ1v) is 7.81. The van der Waals surface area contributed by atoms with Gasteiger partial charge in [0.25, 0.3) is 5.91 Å². The zero-order valence-electron chi connectivity index (χ0n) is 13.2. The summed E-state index contributed by atoms with van der Waals surface area (Å²) in [6.07, 6.45) is 1.76. The molecule has 4 rings (SSSR count). The molecule has 1 heterocycles. The second kappa shape index (κ2) is 6.20. The highest BCUT2D eigenvalue weighted by Gasteiger charge is 2.11. The molecule has 5 heteroatoms. The molecule has 0 unspecified atom stereocenters. The van der Waals surface area contributed by atoms with Crippen LogP contribution in [-0.4, -0.2) is 15.5 Å². The van der Waals surface area contributed by atoms with Crippen LogP contribution in [-0.2, 0) is 0 Å². The van der Waals surface area contributed by atoms with E-state index in [2.05, 4.69) is 10.3 Å². The Morgan fingerprint density at radius 3 is 2.44 bits per heavy atom. The fraction of sp³-hybridized carbons (Fsp3) is 0. The fourth-order valence-corrected chi connectivity index (χ4v) is 2.71. The van der Waals surface area contributed by atoms with Crippen molar-refractivity contribution in [2.24, 2.45) is 0 Å². The molecule has 0 atom stereocenters. The van der Waals surface area contributed by atoms with E-state index in [4.69, 9.17) is 0 Å². The Bertz CT molecular complexity index is 1050. The summed E-state index contributed by atoms with van der Waals surface area (Å²) in [4.78, 5) is 16.5. The number of aromatic nitrogens is 2. The molecule has 1 aromatic heterocycles. The van der Waals surface area contributed by atoms with Crippen molar-refractivity contribution in [1.29, 1.82) is 0 Å². The van der Waals surface area contributed by atoms with Crippen LogP contribution in [0.25, 0.3) is 16.7 Å². The zero-order valence-corrected chi connectivity index (χ0v) is 13.2. The number of nitrogens with zero attached hydrogens (tertiary/aromatic N) is 2. The minimum atomic E-state index is -0.540. The highest BCUT2D eigenvalue weighted by atomic mass is 19.1. The van der Waals surface area contributed by atoms with Crippen LogP contribution in [0.5, 0.6) is 0 Å². The first-order chi connectivity index (χ1) is 12.2. The zero-order chi connectivity index (χ0) is 17.2. The van der Waals surface area contributed by atoms with Crippen LogP contribution >= 0.6 is 0 Å². The molecule has 0 aliphatic carbocycles. The summed E-state index contributed by atoms with van der Waals surface area (Å²) in [5, 5.41) is 2.70. The number of para-hydroxylation sites is 2. The molecule has 4 nitrogen and oxygen atoms in total. The number of hydrogen-bond acceptors (Lipinski definition) is 2. The molecular weight excluding hydrogens is 317 g/mol. The largest absolute Gasteiger partial charge is 0.322 e. The Kier molecular flexibility index (Phi) is 3.74. The number of carbonyl (C=O) groups excluding carboxylic acids is 1. The van der Waals surface area contributed by atoms with E-state index in [1.807, 2.05) is 41.0 Å². The van der Waals surface area contributed by atoms with E-state index < -0.39 is 11.7 Å². The lowest BCUT2D eigenvalue weighted by Crippen LogP contribution is -2.13. The number of halogens is 1. The van der Waals surface area contributed by atoms with Crippen LogP contribution < -0.4 is 5.32 Å². The summed E-state index contributed by atoms with van der Waals surface area (Å²) < 4.78 is 15.6. The lowest BCUT2D eigenvalue weighted by molar-refractivity contribution is 0.102. The maximum Gasteiger partial charge on any atom is 0.258 e. The molecule has 0 saturated heterocycles. The van der Waals surface area contributed by atoms with Gasteiger partial charge in [-0.3, -0.25) is 9.36 Å². The Morgan fingerprint density at radius 2 is 1.64 bits per heavy atom. The molecule has 0 bridgehead atoms. The molecule has 1 N–H and O–H groups in total. The van der Waals surface area contributed by atoms with E-state index in [-0.39, 0.29) is 5.56 Å². The standard InChI is InChI=1S/C20H14FN3O/c21-17-6-2-1-5-16(17)20(25)23-14-9-11-15(12-10-14)24-13-22-18-7-3-4-8-19(18)24/h1-13H,(H,23,25). The summed E-state index contributed by atoms with van der Waals surface area (Å²) in [6.45, 7) is 0. The van der Waals surface area contributed by atoms with Crippen LogP contribution in [0.2, 0.25) is 0 Å². The number of rotatable bonds is 3. The van der Waals surface area contributed by atoms with E-state index in [9.17, 15) is 9.18 Å². The van der Waals surface area contributed by atoms with Crippen LogP contribution in [0.3, 0.4) is 0 Å². The fourth-order valence-electron chi connectivity index (χ4n) is 2.71. The first kappa shape index (κ1) is 15.1. The molecule has 0 aliphatic heterocycles. The number of benzene rings is 3. The molecule has 25 heavy (non-hydrogen) atoms. The summed E-state index contributed by atoms with van der Waals surface area (Å²) in [6, 6.07) is 21.1. The number of anilines is 1. The van der Waals surface area contributed by atoms with E-state index in [0.29, 0.717) is 5.69 Å². The minimum Gasteiger partial charge on any atom is -0.322 e. The molecule has 0 radical (unpaired) electrons. The van der Waals surface area contributed by atoms with Crippen LogP contribution in [0.4, 0.5) is 10.1 Å². The van der Waals surface area contributed by atoms with Gasteiger partial charge >= 0.3 is 0 Å². The van der Waals surface area contributed by atoms with Crippen LogP contribution in [0.1, 0.15) is 10.4 Å². The van der Waals surface area contributed by atoms with Crippen molar-refractivity contribution < 1.29 is 9.18 Å². The van der Waals surface area contributed by atoms with Crippen molar-refractivity contribution in [2.75, 3.05) is 5.32 Å². The maximum atomic E-state index is 13.7. The average molecular weight is 331 g/mol. The number of amides is 1. The Balaban J connectivity index is 1.58. The quantitative estimate of drug-likeness (QED) is 0.604. The van der Waals surface area contributed by atoms with Crippen LogP contribution in [0, 0.1) is 5.82 Å². The monoisotopic (exact) mass is 331 g/mol. The van der Waals surface area contributed by atoms with Crippen molar-refractivity contribution in [1.82, 2.24) is 9.55 Å². The third-order valence-corrected chi connectivity index (χ3v) is 3.98. The molecule has 0 saturated carbocycles. The number of imidazole rings is 1. The second-order valence-corrected chi connectivity index (χ2v) is 5.58. The third-order valence-electron chi connectivity index (χ3n) is 3.98. The summed E-state index contributed by atoms with van der Waals surface area (Å²) in [5.41, 5.74) is 3.47. The Hall–Kier alpha value is -3.47. The van der Waals surface area contributed by atoms with E-state index in [1.54, 1.807) is 30.6 Å². The smallest absolute Gasteiger partial charge is 0.258 e. The van der Waals surface area contributed by atoms with Gasteiger partial charge in [0.05, 0.1) is 16.6 Å². The summed E-state index contributed by atoms with van der Waals surface area (Å²) >= 11 is 0. The molecule has 4 aromatic rings. The average Bonchev–Trinajstić information content (AvgIpc) is 3.07. The van der Waals surface area contributed by atoms with Crippen LogP contribution in [0.15, 0.2) is 79.1 Å². The third kappa shape index (κ3) is 2.87. The lowest BCUT2D eigenvalue weighted by atomic mass is 10.2. The minimum absolute atomic E-state index is 0.0205. The van der Waals surface area contributed by atoms with Gasteiger partial charge in [0.2, 0.25) is 0 Å². The number of hydrogen-bond donors (Lipinski definition) is 1. The highest BCUT2D eigenvalue weighted by Crippen LogP contribution is 2.20. The number of nitrogens with one attached hydrogen (secondary N) is 1. The number of fused-ring (bicyclic) bond motifs is 1. The topological polar surface area (TPSA) is 46.9 Å². The lowest BCUT2D eigenvalue weighted by Gasteiger charge is -2.08. The summed E-state index contributed by atoms with van der Waals surface area (Å²) in [5.74, 6) is -1.01. The highest BCUT2D eigenvalue weighted by molar-refractivity contribution is 6.04. The summed E-state index contributed by atoms with van der Waals surface area (Å²) in [7, 11) is 0. The molecule has 0 spiro atoms. The van der Waals surface area contributed by atoms with Gasteiger partial charge in [-0.1, -0.05) is 24.3 Å². The van der Waals surface area contributed by atoms with Crippen molar-refractivity contribution >= 4 is 22.6 Å². The first-order valence-electron chi connectivity index (χ1n) is 7.81. The Labute approximate surface area is 143 Å². The van der Waals surface area contributed by atoms with Gasteiger partial charge in [0, 0.05) is 11.4 Å². The molecular formula is C20H14FN3O. The van der Waals surface area contributed by atoms with Gasteiger partial charge in [-0.05, 0) is 48.5 Å². The van der Waals surface area contributed by atoms with Crippen molar-refractivity contribution in [3.05, 3.63) is 90.5 Å². The molecule has 122 valence electrons. The Morgan fingerprint density at radius 1 is 0.920 bits per heavy atom. The normalized spacial score (nSPS) is 10.8. The SMILES string of the molecule is O=C(Nc1ccc(-n2cnc3ccccc32)cc1)c1ccccc1F. The van der Waals surface area contributed by atoms with E-state index in [1.165, 1.54) is 12.1 Å². The van der Waals surface area contributed by atoms with Gasteiger partial charge in [0.15, 0.2) is 0 Å². The maximum absolute atomic E-state index is 13.7. The van der Waals surface area contributed by atoms with E-state index in [0.717, 1.165) is 16.7 Å². The van der Waals surface area contributed by atoms with Gasteiger partial charge in [0.1, 0.15) is 12.1 Å².